The minimum absolute atomic E-state index is 0.305. The minimum Gasteiger partial charge on any atom is -0.497 e. The van der Waals surface area contributed by atoms with E-state index in [1.165, 1.54) is 10.9 Å². The number of fused-ring (bicyclic) bond motifs is 1. The van der Waals surface area contributed by atoms with Crippen molar-refractivity contribution in [2.75, 3.05) is 13.7 Å². The Morgan fingerprint density at radius 2 is 1.89 bits per heavy atom. The van der Waals surface area contributed by atoms with E-state index >= 15 is 0 Å². The van der Waals surface area contributed by atoms with Crippen molar-refractivity contribution in [1.82, 2.24) is 20.0 Å². The summed E-state index contributed by atoms with van der Waals surface area (Å²) in [6.45, 7) is 2.64. The fourth-order valence-corrected chi connectivity index (χ4v) is 6.06. The Bertz CT molecular complexity index is 1330. The second-order valence-corrected chi connectivity index (χ2v) is 10.3. The summed E-state index contributed by atoms with van der Waals surface area (Å²) in [7, 11) is 1.65. The lowest BCUT2D eigenvalue weighted by Crippen LogP contribution is -2.17. The zero-order chi connectivity index (χ0) is 24.9. The predicted octanol–water partition coefficient (Wildman–Crippen LogP) is 5.88. The van der Waals surface area contributed by atoms with Crippen LogP contribution in [-0.2, 0) is 11.3 Å². The van der Waals surface area contributed by atoms with Crippen LogP contribution in [0.25, 0.3) is 10.9 Å². The number of benzene rings is 2. The van der Waals surface area contributed by atoms with Crippen LogP contribution in [0.1, 0.15) is 60.1 Å². The maximum atomic E-state index is 12.6. The van der Waals surface area contributed by atoms with Crippen LogP contribution in [0.4, 0.5) is 0 Å². The molecule has 2 aromatic heterocycles. The van der Waals surface area contributed by atoms with Crippen molar-refractivity contribution in [3.63, 3.8) is 0 Å². The van der Waals surface area contributed by atoms with Crippen LogP contribution in [0.3, 0.4) is 0 Å². The van der Waals surface area contributed by atoms with E-state index in [1.807, 2.05) is 41.2 Å². The SMILES string of the molecule is CCOC(=O)c1nnn(Cc2ccc(OC)cc2)c1S[C@H]1CC[C@H](c2ccc3ncccc3c2)CC1. The van der Waals surface area contributed by atoms with Crippen LogP contribution in [0.2, 0.25) is 0 Å². The average molecular weight is 503 g/mol. The van der Waals surface area contributed by atoms with Gasteiger partial charge in [0.15, 0.2) is 0 Å². The molecule has 36 heavy (non-hydrogen) atoms. The Morgan fingerprint density at radius 3 is 2.64 bits per heavy atom. The highest BCUT2D eigenvalue weighted by molar-refractivity contribution is 7.99. The zero-order valence-electron chi connectivity index (χ0n) is 20.6. The van der Waals surface area contributed by atoms with Gasteiger partial charge in [0.05, 0.1) is 25.8 Å². The lowest BCUT2D eigenvalue weighted by atomic mass is 9.83. The van der Waals surface area contributed by atoms with E-state index in [2.05, 4.69) is 39.6 Å². The van der Waals surface area contributed by atoms with Crippen LogP contribution >= 0.6 is 11.8 Å². The Kier molecular flexibility index (Phi) is 7.51. The van der Waals surface area contributed by atoms with Gasteiger partial charge in [0, 0.05) is 16.8 Å². The van der Waals surface area contributed by atoms with Crippen LogP contribution in [-0.4, -0.2) is 44.9 Å². The molecule has 0 atom stereocenters. The van der Waals surface area contributed by atoms with E-state index in [0.29, 0.717) is 30.0 Å². The van der Waals surface area contributed by atoms with Gasteiger partial charge in [0.2, 0.25) is 5.69 Å². The van der Waals surface area contributed by atoms with E-state index in [1.54, 1.807) is 25.8 Å². The molecule has 7 nitrogen and oxygen atoms in total. The van der Waals surface area contributed by atoms with E-state index < -0.39 is 5.97 Å². The molecule has 0 saturated heterocycles. The van der Waals surface area contributed by atoms with Gasteiger partial charge in [-0.2, -0.15) is 0 Å². The minimum atomic E-state index is -0.417. The van der Waals surface area contributed by atoms with Crippen LogP contribution in [0.15, 0.2) is 65.8 Å². The molecule has 0 spiro atoms. The van der Waals surface area contributed by atoms with Gasteiger partial charge in [-0.1, -0.05) is 29.5 Å². The van der Waals surface area contributed by atoms with Gasteiger partial charge < -0.3 is 9.47 Å². The first-order valence-corrected chi connectivity index (χ1v) is 13.3. The second kappa shape index (κ2) is 11.1. The van der Waals surface area contributed by atoms with Crippen molar-refractivity contribution in [2.45, 2.75) is 55.3 Å². The summed E-state index contributed by atoms with van der Waals surface area (Å²) in [4.78, 5) is 17.1. The third-order valence-corrected chi connectivity index (χ3v) is 8.13. The number of rotatable bonds is 8. The number of nitrogens with zero attached hydrogens (tertiary/aromatic N) is 4. The standard InChI is InChI=1S/C28H30N4O3S/c1-3-35-28(33)26-27(32(31-30-26)18-19-6-11-23(34-2)12-7-19)36-24-13-8-20(9-14-24)21-10-15-25-22(17-21)5-4-16-29-25/h4-7,10-12,15-17,20,24H,3,8-9,13-14,18H2,1-2H3/t20-,24-. The maximum absolute atomic E-state index is 12.6. The predicted molar refractivity (Wildman–Crippen MR) is 141 cm³/mol. The van der Waals surface area contributed by atoms with Gasteiger partial charge >= 0.3 is 5.97 Å². The number of ether oxygens (including phenoxy) is 2. The molecule has 0 unspecified atom stereocenters. The Balaban J connectivity index is 1.30. The summed E-state index contributed by atoms with van der Waals surface area (Å²) in [6, 6.07) is 18.6. The van der Waals surface area contributed by atoms with Crippen molar-refractivity contribution in [3.05, 3.63) is 77.6 Å². The van der Waals surface area contributed by atoms with Gasteiger partial charge in [-0.15, -0.1) is 16.9 Å². The van der Waals surface area contributed by atoms with Gasteiger partial charge in [-0.05, 0) is 80.0 Å². The monoisotopic (exact) mass is 502 g/mol. The maximum Gasteiger partial charge on any atom is 0.361 e. The lowest BCUT2D eigenvalue weighted by Gasteiger charge is -2.28. The molecule has 186 valence electrons. The van der Waals surface area contributed by atoms with Crippen molar-refractivity contribution in [3.8, 4) is 5.75 Å². The summed E-state index contributed by atoms with van der Waals surface area (Å²) >= 11 is 1.71. The molecule has 1 saturated carbocycles. The number of pyridine rings is 1. The fourth-order valence-electron chi connectivity index (χ4n) is 4.78. The van der Waals surface area contributed by atoms with Gasteiger partial charge in [0.1, 0.15) is 10.8 Å². The van der Waals surface area contributed by atoms with E-state index in [4.69, 9.17) is 9.47 Å². The Hall–Kier alpha value is -3.39. The molecule has 0 aliphatic heterocycles. The van der Waals surface area contributed by atoms with Gasteiger partial charge in [0.25, 0.3) is 0 Å². The van der Waals surface area contributed by atoms with E-state index in [-0.39, 0.29) is 0 Å². The van der Waals surface area contributed by atoms with Gasteiger partial charge in [-0.25, -0.2) is 9.48 Å². The summed E-state index contributed by atoms with van der Waals surface area (Å²) in [5.41, 5.74) is 3.79. The van der Waals surface area contributed by atoms with Crippen LogP contribution in [0, 0.1) is 0 Å². The largest absolute Gasteiger partial charge is 0.497 e. The van der Waals surface area contributed by atoms with E-state index in [9.17, 15) is 4.79 Å². The van der Waals surface area contributed by atoms with Crippen molar-refractivity contribution in [2.24, 2.45) is 0 Å². The molecule has 1 fully saturated rings. The van der Waals surface area contributed by atoms with Gasteiger partial charge in [-0.3, -0.25) is 4.98 Å². The van der Waals surface area contributed by atoms with Crippen molar-refractivity contribution >= 4 is 28.6 Å². The van der Waals surface area contributed by atoms with E-state index in [0.717, 1.165) is 47.5 Å². The Labute approximate surface area is 215 Å². The number of carbonyl (C=O) groups excluding carboxylic acids is 1. The quantitative estimate of drug-likeness (QED) is 0.278. The zero-order valence-corrected chi connectivity index (χ0v) is 21.4. The molecule has 4 aromatic rings. The highest BCUT2D eigenvalue weighted by Crippen LogP contribution is 2.41. The highest BCUT2D eigenvalue weighted by Gasteiger charge is 2.28. The molecule has 1 aliphatic rings. The molecule has 0 N–H and O–H groups in total. The number of hydrogen-bond acceptors (Lipinski definition) is 7. The molecule has 1 aliphatic carbocycles. The number of esters is 1. The van der Waals surface area contributed by atoms with Crippen LogP contribution in [0.5, 0.6) is 5.75 Å². The molecule has 2 aromatic carbocycles. The normalized spacial score (nSPS) is 17.7. The smallest absolute Gasteiger partial charge is 0.361 e. The molecule has 2 heterocycles. The molecule has 0 bridgehead atoms. The lowest BCUT2D eigenvalue weighted by molar-refractivity contribution is 0.0515. The fraction of sp³-hybridized carbons (Fsp3) is 0.357. The van der Waals surface area contributed by atoms with Crippen molar-refractivity contribution < 1.29 is 14.3 Å². The second-order valence-electron chi connectivity index (χ2n) is 9.02. The topological polar surface area (TPSA) is 79.1 Å². The number of methoxy groups -OCH3 is 1. The number of carbonyl (C=O) groups is 1. The van der Waals surface area contributed by atoms with Crippen molar-refractivity contribution in [1.29, 1.82) is 0 Å². The first kappa shape index (κ1) is 24.3. The molecule has 8 heteroatoms. The molecule has 5 rings (SSSR count). The first-order chi connectivity index (χ1) is 17.6. The number of thioether (sulfide) groups is 1. The highest BCUT2D eigenvalue weighted by atomic mass is 32.2. The summed E-state index contributed by atoms with van der Waals surface area (Å²) < 4.78 is 12.4. The number of hydrogen-bond donors (Lipinski definition) is 0. The first-order valence-electron chi connectivity index (χ1n) is 12.4. The third kappa shape index (κ3) is 5.38. The molecule has 0 radical (unpaired) electrons. The summed E-state index contributed by atoms with van der Waals surface area (Å²) in [6.07, 6.45) is 6.19. The summed E-state index contributed by atoms with van der Waals surface area (Å²) in [5, 5.41) is 10.9. The molecule has 0 amide bonds. The van der Waals surface area contributed by atoms with Crippen LogP contribution < -0.4 is 4.74 Å². The molecular formula is C28H30N4O3S. The summed E-state index contributed by atoms with van der Waals surface area (Å²) in [5.74, 6) is 0.927. The number of aromatic nitrogens is 4. The average Bonchev–Trinajstić information content (AvgIpc) is 3.31. The Morgan fingerprint density at radius 1 is 1.08 bits per heavy atom. The molecular weight excluding hydrogens is 472 g/mol. The third-order valence-electron chi connectivity index (χ3n) is 6.70.